The van der Waals surface area contributed by atoms with Crippen LogP contribution in [-0.2, 0) is 14.3 Å². The lowest BCUT2D eigenvalue weighted by Gasteiger charge is -2.19. The fourth-order valence-corrected chi connectivity index (χ4v) is 3.03. The number of anilines is 1. The molecule has 0 aliphatic carbocycles. The zero-order valence-corrected chi connectivity index (χ0v) is 15.3. The molecule has 0 radical (unpaired) electrons. The average molecular weight is 367 g/mol. The lowest BCUT2D eigenvalue weighted by molar-refractivity contribution is -0.126. The van der Waals surface area contributed by atoms with Crippen LogP contribution < -0.4 is 10.2 Å². The summed E-state index contributed by atoms with van der Waals surface area (Å²) in [5.74, 6) is -1.22. The summed E-state index contributed by atoms with van der Waals surface area (Å²) < 4.78 is 4.69. The summed E-state index contributed by atoms with van der Waals surface area (Å²) >= 11 is 6.19. The highest BCUT2D eigenvalue weighted by Crippen LogP contribution is 2.32. The monoisotopic (exact) mass is 366 g/mol. The molecular formula is C18H23ClN2O4. The van der Waals surface area contributed by atoms with Gasteiger partial charge in [0.2, 0.25) is 11.8 Å². The van der Waals surface area contributed by atoms with Crippen LogP contribution in [-0.4, -0.2) is 38.0 Å². The van der Waals surface area contributed by atoms with E-state index in [0.717, 1.165) is 19.3 Å². The van der Waals surface area contributed by atoms with E-state index in [4.69, 9.17) is 16.3 Å². The first-order valence-electron chi connectivity index (χ1n) is 8.43. The molecule has 1 saturated heterocycles. The van der Waals surface area contributed by atoms with Crippen molar-refractivity contribution in [3.05, 3.63) is 28.8 Å². The summed E-state index contributed by atoms with van der Waals surface area (Å²) in [6.45, 7) is 2.97. The Morgan fingerprint density at radius 3 is 2.80 bits per heavy atom. The Kier molecular flexibility index (Phi) is 6.82. The van der Waals surface area contributed by atoms with Gasteiger partial charge < -0.3 is 15.0 Å². The second-order valence-corrected chi connectivity index (χ2v) is 6.47. The molecule has 136 valence electrons. The third-order valence-electron chi connectivity index (χ3n) is 4.23. The quantitative estimate of drug-likeness (QED) is 0.594. The van der Waals surface area contributed by atoms with Crippen molar-refractivity contribution in [2.75, 3.05) is 25.1 Å². The number of nitrogens with one attached hydrogen (secondary N) is 1. The molecule has 1 aliphatic heterocycles. The second-order valence-electron chi connectivity index (χ2n) is 6.06. The maximum Gasteiger partial charge on any atom is 0.337 e. The minimum Gasteiger partial charge on any atom is -0.465 e. The molecule has 1 N–H and O–H groups in total. The van der Waals surface area contributed by atoms with Crippen LogP contribution in [0.15, 0.2) is 18.2 Å². The number of carbonyl (C=O) groups excluding carboxylic acids is 3. The van der Waals surface area contributed by atoms with Gasteiger partial charge in [0.25, 0.3) is 0 Å². The topological polar surface area (TPSA) is 75.7 Å². The zero-order valence-electron chi connectivity index (χ0n) is 14.5. The average Bonchev–Trinajstić information content (AvgIpc) is 3.00. The van der Waals surface area contributed by atoms with Gasteiger partial charge in [0.1, 0.15) is 0 Å². The zero-order chi connectivity index (χ0) is 18.4. The Balaban J connectivity index is 2.07. The minimum absolute atomic E-state index is 0.118. The van der Waals surface area contributed by atoms with Crippen LogP contribution in [0.25, 0.3) is 0 Å². The summed E-state index contributed by atoms with van der Waals surface area (Å²) in [4.78, 5) is 37.7. The van der Waals surface area contributed by atoms with Gasteiger partial charge in [-0.05, 0) is 24.6 Å². The van der Waals surface area contributed by atoms with Gasteiger partial charge >= 0.3 is 5.97 Å². The fourth-order valence-electron chi connectivity index (χ4n) is 2.81. The van der Waals surface area contributed by atoms with E-state index < -0.39 is 11.9 Å². The van der Waals surface area contributed by atoms with Crippen LogP contribution in [0.2, 0.25) is 5.02 Å². The van der Waals surface area contributed by atoms with Crippen LogP contribution in [0.1, 0.15) is 43.0 Å². The molecule has 2 rings (SSSR count). The van der Waals surface area contributed by atoms with Crippen LogP contribution in [0.5, 0.6) is 0 Å². The van der Waals surface area contributed by atoms with E-state index in [1.807, 2.05) is 0 Å². The van der Waals surface area contributed by atoms with Gasteiger partial charge in [-0.2, -0.15) is 0 Å². The number of esters is 1. The van der Waals surface area contributed by atoms with Gasteiger partial charge in [0, 0.05) is 19.5 Å². The first-order chi connectivity index (χ1) is 12.0. The molecule has 1 fully saturated rings. The Morgan fingerprint density at radius 1 is 1.36 bits per heavy atom. The second kappa shape index (κ2) is 8.85. The fraction of sp³-hybridized carbons (Fsp3) is 0.500. The summed E-state index contributed by atoms with van der Waals surface area (Å²) in [5.41, 5.74) is 0.734. The summed E-state index contributed by atoms with van der Waals surface area (Å²) in [5, 5.41) is 3.23. The third kappa shape index (κ3) is 4.72. The molecule has 1 aromatic rings. The number of benzene rings is 1. The van der Waals surface area contributed by atoms with Gasteiger partial charge in [-0.3, -0.25) is 9.59 Å². The molecule has 1 aliphatic rings. The number of halogens is 1. The molecule has 6 nitrogen and oxygen atoms in total. The van der Waals surface area contributed by atoms with Crippen LogP contribution in [0.3, 0.4) is 0 Å². The van der Waals surface area contributed by atoms with E-state index >= 15 is 0 Å². The molecule has 0 aromatic heterocycles. The molecule has 0 saturated carbocycles. The van der Waals surface area contributed by atoms with Gasteiger partial charge in [-0.15, -0.1) is 0 Å². The van der Waals surface area contributed by atoms with Gasteiger partial charge in [0.05, 0.1) is 29.3 Å². The Morgan fingerprint density at radius 2 is 2.12 bits per heavy atom. The number of nitrogens with zero attached hydrogens (tertiary/aromatic N) is 1. The lowest BCUT2D eigenvalue weighted by atomic mass is 10.1. The maximum absolute atomic E-state index is 12.3. The van der Waals surface area contributed by atoms with Crippen LogP contribution >= 0.6 is 11.6 Å². The van der Waals surface area contributed by atoms with Gasteiger partial charge in [-0.25, -0.2) is 4.79 Å². The van der Waals surface area contributed by atoms with Crippen molar-refractivity contribution in [1.82, 2.24) is 5.32 Å². The van der Waals surface area contributed by atoms with Crippen molar-refractivity contribution in [1.29, 1.82) is 0 Å². The van der Waals surface area contributed by atoms with Crippen molar-refractivity contribution >= 4 is 35.1 Å². The van der Waals surface area contributed by atoms with Crippen molar-refractivity contribution in [3.63, 3.8) is 0 Å². The molecule has 0 bridgehead atoms. The predicted octanol–water partition coefficient (Wildman–Crippen LogP) is 2.79. The van der Waals surface area contributed by atoms with Gasteiger partial charge in [0.15, 0.2) is 0 Å². The highest BCUT2D eigenvalue weighted by Gasteiger charge is 2.36. The number of carbonyl (C=O) groups is 3. The highest BCUT2D eigenvalue weighted by atomic mass is 35.5. The van der Waals surface area contributed by atoms with Crippen molar-refractivity contribution in [2.45, 2.75) is 32.6 Å². The van der Waals surface area contributed by atoms with Gasteiger partial charge in [-0.1, -0.05) is 31.4 Å². The number of hydrogen-bond donors (Lipinski definition) is 1. The van der Waals surface area contributed by atoms with E-state index in [1.54, 1.807) is 6.07 Å². The van der Waals surface area contributed by atoms with E-state index in [-0.39, 0.29) is 24.8 Å². The minimum atomic E-state index is -0.505. The first-order valence-corrected chi connectivity index (χ1v) is 8.81. The number of unbranched alkanes of at least 4 members (excludes halogenated alkanes) is 2. The standard InChI is InChI=1S/C18H23ClN2O4/c1-3-4-5-8-20-17(23)13-10-16(22)21(11-13)15-9-12(18(24)25-2)6-7-14(15)19/h6-7,9,13H,3-5,8,10-11H2,1-2H3,(H,20,23). The third-order valence-corrected chi connectivity index (χ3v) is 4.55. The molecule has 1 aromatic carbocycles. The number of rotatable bonds is 7. The molecule has 1 atom stereocenters. The van der Waals surface area contributed by atoms with E-state index in [0.29, 0.717) is 22.8 Å². The lowest BCUT2D eigenvalue weighted by Crippen LogP contribution is -2.33. The molecule has 0 spiro atoms. The Bertz CT molecular complexity index is 662. The van der Waals surface area contributed by atoms with Crippen LogP contribution in [0.4, 0.5) is 5.69 Å². The largest absolute Gasteiger partial charge is 0.465 e. The molecule has 1 unspecified atom stereocenters. The van der Waals surface area contributed by atoms with Crippen molar-refractivity contribution in [3.8, 4) is 0 Å². The Hall–Kier alpha value is -2.08. The number of methoxy groups -OCH3 is 1. The maximum atomic E-state index is 12.3. The normalized spacial score (nSPS) is 16.8. The molecule has 1 heterocycles. The molecule has 7 heteroatoms. The van der Waals surface area contributed by atoms with Crippen molar-refractivity contribution < 1.29 is 19.1 Å². The first kappa shape index (κ1) is 19.2. The number of ether oxygens (including phenoxy) is 1. The number of hydrogen-bond acceptors (Lipinski definition) is 4. The summed E-state index contributed by atoms with van der Waals surface area (Å²) in [7, 11) is 1.29. The predicted molar refractivity (Wildman–Crippen MR) is 95.8 cm³/mol. The van der Waals surface area contributed by atoms with E-state index in [1.165, 1.54) is 24.1 Å². The summed E-state index contributed by atoms with van der Waals surface area (Å²) in [6.07, 6.45) is 3.21. The van der Waals surface area contributed by atoms with E-state index in [2.05, 4.69) is 12.2 Å². The molecular weight excluding hydrogens is 344 g/mol. The molecule has 2 amide bonds. The van der Waals surface area contributed by atoms with E-state index in [9.17, 15) is 14.4 Å². The smallest absolute Gasteiger partial charge is 0.337 e. The Labute approximate surface area is 152 Å². The SMILES string of the molecule is CCCCCNC(=O)C1CC(=O)N(c2cc(C(=O)OC)ccc2Cl)C1. The summed E-state index contributed by atoms with van der Waals surface area (Å²) in [6, 6.07) is 4.61. The molecule has 25 heavy (non-hydrogen) atoms. The number of amides is 2. The van der Waals surface area contributed by atoms with Crippen molar-refractivity contribution in [2.24, 2.45) is 5.92 Å². The van der Waals surface area contributed by atoms with Crippen LogP contribution in [0, 0.1) is 5.92 Å². The highest BCUT2D eigenvalue weighted by molar-refractivity contribution is 6.34.